The van der Waals surface area contributed by atoms with Crippen LogP contribution in [0.1, 0.15) is 26.7 Å². The van der Waals surface area contributed by atoms with Crippen molar-refractivity contribution < 1.29 is 13.5 Å². The van der Waals surface area contributed by atoms with Gasteiger partial charge in [0, 0.05) is 12.2 Å². The van der Waals surface area contributed by atoms with Crippen LogP contribution in [0, 0.1) is 0 Å². The molecule has 0 aliphatic rings. The second kappa shape index (κ2) is 6.09. The SMILES string of the molecule is CCCC(C)(O)CNS(=O)(=O)c1ccc(N)cc1Cl. The minimum absolute atomic E-state index is 0.0457. The molecule has 7 heteroatoms. The molecule has 0 saturated carbocycles. The van der Waals surface area contributed by atoms with Crippen molar-refractivity contribution in [2.75, 3.05) is 12.3 Å². The third kappa shape index (κ3) is 4.65. The summed E-state index contributed by atoms with van der Waals surface area (Å²) in [6.07, 6.45) is 1.27. The summed E-state index contributed by atoms with van der Waals surface area (Å²) in [4.78, 5) is -0.0457. The second-order valence-electron chi connectivity index (χ2n) is 4.76. The third-order valence-corrected chi connectivity index (χ3v) is 4.56. The Bertz CT molecular complexity index is 544. The van der Waals surface area contributed by atoms with Gasteiger partial charge in [0.15, 0.2) is 0 Å². The highest BCUT2D eigenvalue weighted by molar-refractivity contribution is 7.89. The Balaban J connectivity index is 2.87. The number of aliphatic hydroxyl groups is 1. The number of hydrogen-bond acceptors (Lipinski definition) is 4. The van der Waals surface area contributed by atoms with Crippen LogP contribution in [0.25, 0.3) is 0 Å². The number of anilines is 1. The first-order valence-corrected chi connectivity index (χ1v) is 7.81. The zero-order chi connectivity index (χ0) is 14.7. The number of nitrogens with one attached hydrogen (secondary N) is 1. The number of nitrogen functional groups attached to an aromatic ring is 1. The molecule has 0 spiro atoms. The van der Waals surface area contributed by atoms with Crippen LogP contribution in [-0.2, 0) is 10.0 Å². The molecule has 0 amide bonds. The van der Waals surface area contributed by atoms with Gasteiger partial charge >= 0.3 is 0 Å². The zero-order valence-electron chi connectivity index (χ0n) is 11.0. The highest BCUT2D eigenvalue weighted by Crippen LogP contribution is 2.24. The molecule has 0 aromatic heterocycles. The molecule has 0 fully saturated rings. The van der Waals surface area contributed by atoms with Crippen molar-refractivity contribution in [2.24, 2.45) is 0 Å². The molecule has 1 atom stereocenters. The molecular formula is C12H19ClN2O3S. The van der Waals surface area contributed by atoms with E-state index in [1.165, 1.54) is 18.2 Å². The molecule has 1 aromatic rings. The van der Waals surface area contributed by atoms with E-state index in [0.29, 0.717) is 12.1 Å². The van der Waals surface area contributed by atoms with Crippen molar-refractivity contribution >= 4 is 27.3 Å². The van der Waals surface area contributed by atoms with Gasteiger partial charge < -0.3 is 10.8 Å². The van der Waals surface area contributed by atoms with Gasteiger partial charge in [-0.3, -0.25) is 0 Å². The van der Waals surface area contributed by atoms with Crippen LogP contribution in [0.2, 0.25) is 5.02 Å². The smallest absolute Gasteiger partial charge is 0.242 e. The Morgan fingerprint density at radius 3 is 2.63 bits per heavy atom. The number of sulfonamides is 1. The van der Waals surface area contributed by atoms with Crippen LogP contribution >= 0.6 is 11.6 Å². The van der Waals surface area contributed by atoms with Crippen molar-refractivity contribution in [1.29, 1.82) is 0 Å². The number of nitrogens with two attached hydrogens (primary N) is 1. The number of benzene rings is 1. The van der Waals surface area contributed by atoms with Crippen LogP contribution in [0.4, 0.5) is 5.69 Å². The van der Waals surface area contributed by atoms with Crippen molar-refractivity contribution in [1.82, 2.24) is 4.72 Å². The van der Waals surface area contributed by atoms with E-state index in [9.17, 15) is 13.5 Å². The van der Waals surface area contributed by atoms with Crippen LogP contribution in [0.15, 0.2) is 23.1 Å². The average Bonchev–Trinajstić information content (AvgIpc) is 2.26. The van der Waals surface area contributed by atoms with E-state index < -0.39 is 15.6 Å². The van der Waals surface area contributed by atoms with Crippen molar-refractivity contribution in [3.63, 3.8) is 0 Å². The maximum absolute atomic E-state index is 12.1. The molecule has 108 valence electrons. The number of rotatable bonds is 6. The Kier molecular flexibility index (Phi) is 5.20. The molecule has 0 radical (unpaired) electrons. The van der Waals surface area contributed by atoms with E-state index >= 15 is 0 Å². The second-order valence-corrected chi connectivity index (χ2v) is 6.90. The maximum Gasteiger partial charge on any atom is 0.242 e. The molecule has 0 aliphatic heterocycles. The third-order valence-electron chi connectivity index (χ3n) is 2.68. The Hall–Kier alpha value is -0.820. The summed E-state index contributed by atoms with van der Waals surface area (Å²) >= 11 is 5.86. The molecular weight excluding hydrogens is 288 g/mol. The lowest BCUT2D eigenvalue weighted by Crippen LogP contribution is -2.40. The van der Waals surface area contributed by atoms with E-state index in [0.717, 1.165) is 6.42 Å². The standard InChI is InChI=1S/C12H19ClN2O3S/c1-3-6-12(2,16)8-15-19(17,18)11-5-4-9(14)7-10(11)13/h4-5,7,15-16H,3,6,8,14H2,1-2H3. The molecule has 0 heterocycles. The first-order valence-electron chi connectivity index (χ1n) is 5.95. The first kappa shape index (κ1) is 16.2. The van der Waals surface area contributed by atoms with Gasteiger partial charge in [-0.15, -0.1) is 0 Å². The molecule has 1 aromatic carbocycles. The van der Waals surface area contributed by atoms with Gasteiger partial charge in [0.25, 0.3) is 0 Å². The van der Waals surface area contributed by atoms with Crippen molar-refractivity contribution in [3.05, 3.63) is 23.2 Å². The first-order chi connectivity index (χ1) is 8.68. The topological polar surface area (TPSA) is 92.4 Å². The fourth-order valence-corrected chi connectivity index (χ4v) is 3.40. The highest BCUT2D eigenvalue weighted by Gasteiger charge is 2.24. The van der Waals surface area contributed by atoms with E-state index in [1.54, 1.807) is 6.92 Å². The van der Waals surface area contributed by atoms with Crippen LogP contribution in [0.3, 0.4) is 0 Å². The summed E-state index contributed by atoms with van der Waals surface area (Å²) < 4.78 is 26.5. The van der Waals surface area contributed by atoms with Gasteiger partial charge in [-0.2, -0.15) is 0 Å². The summed E-state index contributed by atoms with van der Waals surface area (Å²) in [6.45, 7) is 3.44. The number of hydrogen-bond donors (Lipinski definition) is 3. The molecule has 1 rings (SSSR count). The van der Waals surface area contributed by atoms with Gasteiger partial charge in [0.1, 0.15) is 4.90 Å². The normalized spacial score (nSPS) is 15.2. The fraction of sp³-hybridized carbons (Fsp3) is 0.500. The molecule has 0 saturated heterocycles. The van der Waals surface area contributed by atoms with Crippen molar-refractivity contribution in [2.45, 2.75) is 37.2 Å². The molecule has 0 aliphatic carbocycles. The maximum atomic E-state index is 12.1. The minimum Gasteiger partial charge on any atom is -0.399 e. The monoisotopic (exact) mass is 306 g/mol. The Morgan fingerprint density at radius 1 is 1.47 bits per heavy atom. The summed E-state index contributed by atoms with van der Waals surface area (Å²) in [6, 6.07) is 4.18. The fourth-order valence-electron chi connectivity index (χ4n) is 1.69. The van der Waals surface area contributed by atoms with Gasteiger partial charge in [0.05, 0.1) is 10.6 Å². The molecule has 4 N–H and O–H groups in total. The lowest BCUT2D eigenvalue weighted by molar-refractivity contribution is 0.0554. The van der Waals surface area contributed by atoms with E-state index in [1.807, 2.05) is 6.92 Å². The Morgan fingerprint density at radius 2 is 2.11 bits per heavy atom. The van der Waals surface area contributed by atoms with Crippen molar-refractivity contribution in [3.8, 4) is 0 Å². The molecule has 1 unspecified atom stereocenters. The lowest BCUT2D eigenvalue weighted by Gasteiger charge is -2.23. The lowest BCUT2D eigenvalue weighted by atomic mass is 10.0. The van der Waals surface area contributed by atoms with E-state index in [4.69, 9.17) is 17.3 Å². The molecule has 5 nitrogen and oxygen atoms in total. The van der Waals surface area contributed by atoms with E-state index in [-0.39, 0.29) is 16.5 Å². The van der Waals surface area contributed by atoms with Crippen LogP contribution in [-0.4, -0.2) is 25.7 Å². The predicted octanol–water partition coefficient (Wildman–Crippen LogP) is 1.75. The average molecular weight is 307 g/mol. The van der Waals surface area contributed by atoms with Gasteiger partial charge in [-0.05, 0) is 31.5 Å². The number of halogens is 1. The Labute approximate surface area is 118 Å². The summed E-state index contributed by atoms with van der Waals surface area (Å²) in [5.74, 6) is 0. The molecule has 19 heavy (non-hydrogen) atoms. The molecule has 0 bridgehead atoms. The van der Waals surface area contributed by atoms with E-state index in [2.05, 4.69) is 4.72 Å². The highest BCUT2D eigenvalue weighted by atomic mass is 35.5. The minimum atomic E-state index is -3.76. The predicted molar refractivity (Wildman–Crippen MR) is 76.6 cm³/mol. The summed E-state index contributed by atoms with van der Waals surface area (Å²) in [7, 11) is -3.76. The van der Waals surface area contributed by atoms with Gasteiger partial charge in [-0.1, -0.05) is 24.9 Å². The summed E-state index contributed by atoms with van der Waals surface area (Å²) in [5, 5.41) is 10.0. The van der Waals surface area contributed by atoms with Gasteiger partial charge in [-0.25, -0.2) is 13.1 Å². The van der Waals surface area contributed by atoms with Crippen LogP contribution < -0.4 is 10.5 Å². The van der Waals surface area contributed by atoms with Crippen LogP contribution in [0.5, 0.6) is 0 Å². The summed E-state index contributed by atoms with van der Waals surface area (Å²) in [5.41, 5.74) is 4.82. The largest absolute Gasteiger partial charge is 0.399 e. The van der Waals surface area contributed by atoms with Gasteiger partial charge in [0.2, 0.25) is 10.0 Å². The zero-order valence-corrected chi connectivity index (χ0v) is 12.6. The quantitative estimate of drug-likeness (QED) is 0.698.